The van der Waals surface area contributed by atoms with Gasteiger partial charge in [-0.3, -0.25) is 0 Å². The fourth-order valence-corrected chi connectivity index (χ4v) is 2.15. The van der Waals surface area contributed by atoms with E-state index in [2.05, 4.69) is 31.2 Å². The summed E-state index contributed by atoms with van der Waals surface area (Å²) in [6.07, 6.45) is 0. The Kier molecular flexibility index (Phi) is 1.73. The molecule has 0 aliphatic carbocycles. The van der Waals surface area contributed by atoms with Gasteiger partial charge >= 0.3 is 0 Å². The van der Waals surface area contributed by atoms with Gasteiger partial charge in [-0.25, -0.2) is 0 Å². The number of rotatable bonds is 0. The van der Waals surface area contributed by atoms with E-state index >= 15 is 0 Å². The minimum absolute atomic E-state index is 0.548. The second kappa shape index (κ2) is 2.91. The lowest BCUT2D eigenvalue weighted by Gasteiger charge is -2.16. The van der Waals surface area contributed by atoms with E-state index in [1.54, 1.807) is 0 Å². The van der Waals surface area contributed by atoms with Crippen LogP contribution in [-0.4, -0.2) is 5.79 Å². The fraction of sp³-hybridized carbons (Fsp3) is 0.286. The lowest BCUT2D eigenvalue weighted by atomic mass is 10.1. The molecule has 1 heterocycles. The summed E-state index contributed by atoms with van der Waals surface area (Å²) in [7, 11) is 0. The van der Waals surface area contributed by atoms with Gasteiger partial charge in [-0.2, -0.15) is 0 Å². The normalized spacial score (nSPS) is 16.7. The summed E-state index contributed by atoms with van der Waals surface area (Å²) in [5.41, 5.74) is 1.26. The molecule has 2 nitrogen and oxygen atoms in total. The van der Waals surface area contributed by atoms with E-state index in [-0.39, 0.29) is 0 Å². The molecule has 2 aromatic rings. The van der Waals surface area contributed by atoms with Crippen LogP contribution in [0.1, 0.15) is 19.4 Å². The molecule has 2 aromatic carbocycles. The zero-order valence-electron chi connectivity index (χ0n) is 9.70. The molecular weight excluding hydrogens is 200 g/mol. The predicted molar refractivity (Wildman–Crippen MR) is 64.0 cm³/mol. The third-order valence-electron chi connectivity index (χ3n) is 2.87. The van der Waals surface area contributed by atoms with Crippen LogP contribution in [0.5, 0.6) is 11.5 Å². The first-order valence-electron chi connectivity index (χ1n) is 5.47. The van der Waals surface area contributed by atoms with Crippen molar-refractivity contribution in [2.24, 2.45) is 0 Å². The van der Waals surface area contributed by atoms with Crippen molar-refractivity contribution in [2.45, 2.75) is 26.6 Å². The van der Waals surface area contributed by atoms with Crippen LogP contribution >= 0.6 is 0 Å². The highest BCUT2D eigenvalue weighted by Gasteiger charge is 2.31. The molecule has 0 spiro atoms. The highest BCUT2D eigenvalue weighted by molar-refractivity contribution is 5.89. The van der Waals surface area contributed by atoms with Gasteiger partial charge in [-0.05, 0) is 35.4 Å². The van der Waals surface area contributed by atoms with Gasteiger partial charge in [0.05, 0.1) is 0 Å². The largest absolute Gasteiger partial charge is 0.449 e. The lowest BCUT2D eigenvalue weighted by Crippen LogP contribution is -2.29. The van der Waals surface area contributed by atoms with Crippen LogP contribution in [0, 0.1) is 6.92 Å². The summed E-state index contributed by atoms with van der Waals surface area (Å²) < 4.78 is 11.5. The molecule has 0 amide bonds. The Bertz CT molecular complexity index is 570. The topological polar surface area (TPSA) is 18.5 Å². The molecule has 0 atom stereocenters. The van der Waals surface area contributed by atoms with Crippen LogP contribution in [0.3, 0.4) is 0 Å². The van der Waals surface area contributed by atoms with Crippen molar-refractivity contribution in [1.29, 1.82) is 0 Å². The number of hydrogen-bond acceptors (Lipinski definition) is 2. The van der Waals surface area contributed by atoms with Crippen LogP contribution in [0.15, 0.2) is 30.3 Å². The van der Waals surface area contributed by atoms with Gasteiger partial charge in [0.1, 0.15) is 0 Å². The molecule has 0 saturated heterocycles. The Labute approximate surface area is 94.8 Å². The molecule has 3 rings (SSSR count). The summed E-state index contributed by atoms with van der Waals surface area (Å²) in [4.78, 5) is 0. The smallest absolute Gasteiger partial charge is 0.246 e. The summed E-state index contributed by atoms with van der Waals surface area (Å²) in [5.74, 6) is 1.13. The predicted octanol–water partition coefficient (Wildman–Crippen LogP) is 3.66. The standard InChI is InChI=1S/C14H14O2/c1-9-5-4-6-10-7-12-13(8-11(9)10)16-14(2,3)15-12/h4-8H,1-3H3. The number of ether oxygens (including phenoxy) is 2. The van der Waals surface area contributed by atoms with E-state index in [1.807, 2.05) is 19.9 Å². The number of hydrogen-bond donors (Lipinski definition) is 0. The first-order chi connectivity index (χ1) is 7.55. The Hall–Kier alpha value is -1.70. The van der Waals surface area contributed by atoms with Crippen molar-refractivity contribution in [2.75, 3.05) is 0 Å². The first kappa shape index (κ1) is 9.52. The van der Waals surface area contributed by atoms with Crippen molar-refractivity contribution in [1.82, 2.24) is 0 Å². The number of benzene rings is 2. The molecule has 0 saturated carbocycles. The molecule has 0 N–H and O–H groups in total. The molecule has 16 heavy (non-hydrogen) atoms. The average Bonchev–Trinajstić information content (AvgIpc) is 2.48. The maximum atomic E-state index is 5.74. The van der Waals surface area contributed by atoms with Gasteiger partial charge in [-0.1, -0.05) is 18.2 Å². The van der Waals surface area contributed by atoms with Gasteiger partial charge in [0.25, 0.3) is 0 Å². The number of fused-ring (bicyclic) bond motifs is 2. The molecule has 0 aromatic heterocycles. The summed E-state index contributed by atoms with van der Waals surface area (Å²) in [5, 5.41) is 2.42. The van der Waals surface area contributed by atoms with Crippen molar-refractivity contribution in [3.8, 4) is 11.5 Å². The van der Waals surface area contributed by atoms with Crippen LogP contribution in [0.4, 0.5) is 0 Å². The van der Waals surface area contributed by atoms with Gasteiger partial charge in [-0.15, -0.1) is 0 Å². The molecule has 0 bridgehead atoms. The Morgan fingerprint density at radius 2 is 1.69 bits per heavy atom. The Morgan fingerprint density at radius 3 is 2.44 bits per heavy atom. The number of aryl methyl sites for hydroxylation is 1. The van der Waals surface area contributed by atoms with Crippen LogP contribution < -0.4 is 9.47 Å². The van der Waals surface area contributed by atoms with Gasteiger partial charge < -0.3 is 9.47 Å². The van der Waals surface area contributed by atoms with Crippen LogP contribution in [0.2, 0.25) is 0 Å². The van der Waals surface area contributed by atoms with E-state index in [0.29, 0.717) is 0 Å². The third-order valence-corrected chi connectivity index (χ3v) is 2.87. The molecular formula is C14H14O2. The Morgan fingerprint density at radius 1 is 1.00 bits per heavy atom. The van der Waals surface area contributed by atoms with Gasteiger partial charge in [0.2, 0.25) is 5.79 Å². The second-order valence-corrected chi connectivity index (χ2v) is 4.70. The van der Waals surface area contributed by atoms with Crippen LogP contribution in [-0.2, 0) is 0 Å². The SMILES string of the molecule is Cc1cccc2cc3c(cc12)OC(C)(C)O3. The maximum absolute atomic E-state index is 5.74. The molecule has 0 unspecified atom stereocenters. The van der Waals surface area contributed by atoms with Crippen molar-refractivity contribution < 1.29 is 9.47 Å². The zero-order valence-corrected chi connectivity index (χ0v) is 9.70. The van der Waals surface area contributed by atoms with E-state index in [1.165, 1.54) is 16.3 Å². The second-order valence-electron chi connectivity index (χ2n) is 4.70. The maximum Gasteiger partial charge on any atom is 0.246 e. The summed E-state index contributed by atoms with van der Waals surface area (Å²) in [6.45, 7) is 5.95. The van der Waals surface area contributed by atoms with Crippen LogP contribution in [0.25, 0.3) is 10.8 Å². The van der Waals surface area contributed by atoms with Crippen molar-refractivity contribution in [3.05, 3.63) is 35.9 Å². The lowest BCUT2D eigenvalue weighted by molar-refractivity contribution is -0.0431. The molecule has 0 fully saturated rings. The van der Waals surface area contributed by atoms with E-state index in [0.717, 1.165) is 11.5 Å². The highest BCUT2D eigenvalue weighted by atomic mass is 16.7. The molecule has 1 aliphatic rings. The molecule has 0 radical (unpaired) electrons. The summed E-state index contributed by atoms with van der Waals surface area (Å²) in [6, 6.07) is 10.4. The van der Waals surface area contributed by atoms with Gasteiger partial charge in [0, 0.05) is 13.8 Å². The molecule has 2 heteroatoms. The Balaban J connectivity index is 2.26. The highest BCUT2D eigenvalue weighted by Crippen LogP contribution is 2.42. The quantitative estimate of drug-likeness (QED) is 0.666. The minimum Gasteiger partial charge on any atom is -0.449 e. The third kappa shape index (κ3) is 1.33. The average molecular weight is 214 g/mol. The zero-order chi connectivity index (χ0) is 11.3. The first-order valence-corrected chi connectivity index (χ1v) is 5.47. The van der Waals surface area contributed by atoms with Gasteiger partial charge in [0.15, 0.2) is 11.5 Å². The van der Waals surface area contributed by atoms with E-state index < -0.39 is 5.79 Å². The molecule has 82 valence electrons. The van der Waals surface area contributed by atoms with E-state index in [9.17, 15) is 0 Å². The van der Waals surface area contributed by atoms with Crippen molar-refractivity contribution >= 4 is 10.8 Å². The summed E-state index contributed by atoms with van der Waals surface area (Å²) >= 11 is 0. The van der Waals surface area contributed by atoms with Crippen molar-refractivity contribution in [3.63, 3.8) is 0 Å². The van der Waals surface area contributed by atoms with E-state index in [4.69, 9.17) is 9.47 Å². The molecule has 1 aliphatic heterocycles. The monoisotopic (exact) mass is 214 g/mol. The minimum atomic E-state index is -0.548. The fourth-order valence-electron chi connectivity index (χ4n) is 2.15.